The molecule has 162 valence electrons. The number of aromatic nitrogens is 1. The monoisotopic (exact) mass is 428 g/mol. The van der Waals surface area contributed by atoms with Crippen LogP contribution in [0.25, 0.3) is 0 Å². The predicted molar refractivity (Wildman–Crippen MR) is 126 cm³/mol. The van der Waals surface area contributed by atoms with E-state index in [0.717, 1.165) is 61.5 Å². The molecule has 1 aromatic heterocycles. The second-order valence-corrected chi connectivity index (χ2v) is 8.33. The minimum absolute atomic E-state index is 0.435. The normalized spacial score (nSPS) is 15.8. The predicted octanol–water partition coefficient (Wildman–Crippen LogP) is 3.52. The van der Waals surface area contributed by atoms with E-state index in [9.17, 15) is 0 Å². The van der Waals surface area contributed by atoms with Gasteiger partial charge in [-0.15, -0.1) is 0 Å². The first-order chi connectivity index (χ1) is 14.5. The smallest absolute Gasteiger partial charge is 0.191 e. The van der Waals surface area contributed by atoms with E-state index in [-0.39, 0.29) is 0 Å². The van der Waals surface area contributed by atoms with Gasteiger partial charge in [-0.3, -0.25) is 4.90 Å². The van der Waals surface area contributed by atoms with Gasteiger partial charge >= 0.3 is 0 Å². The van der Waals surface area contributed by atoms with Crippen molar-refractivity contribution in [1.29, 1.82) is 0 Å². The maximum atomic E-state index is 5.99. The third kappa shape index (κ3) is 6.89. The quantitative estimate of drug-likeness (QED) is 0.522. The van der Waals surface area contributed by atoms with Crippen LogP contribution < -0.4 is 15.5 Å². The van der Waals surface area contributed by atoms with Crippen LogP contribution in [0.15, 0.2) is 47.5 Å². The summed E-state index contributed by atoms with van der Waals surface area (Å²) in [5, 5.41) is 7.77. The van der Waals surface area contributed by atoms with Crippen molar-refractivity contribution in [1.82, 2.24) is 20.5 Å². The molecule has 30 heavy (non-hydrogen) atoms. The van der Waals surface area contributed by atoms with Gasteiger partial charge in [0.05, 0.1) is 12.2 Å². The van der Waals surface area contributed by atoms with Crippen molar-refractivity contribution in [2.24, 2.45) is 4.99 Å². The lowest BCUT2D eigenvalue weighted by Gasteiger charge is -2.33. The maximum Gasteiger partial charge on any atom is 0.191 e. The van der Waals surface area contributed by atoms with E-state index in [1.165, 1.54) is 5.56 Å². The zero-order chi connectivity index (χ0) is 21.3. The van der Waals surface area contributed by atoms with Crippen molar-refractivity contribution in [2.75, 3.05) is 38.6 Å². The number of likely N-dealkylation sites (tertiary alicyclic amines) is 1. The first kappa shape index (κ1) is 22.4. The van der Waals surface area contributed by atoms with Crippen molar-refractivity contribution in [2.45, 2.75) is 38.9 Å². The fourth-order valence-electron chi connectivity index (χ4n) is 3.56. The number of hydrogen-bond acceptors (Lipinski definition) is 4. The summed E-state index contributed by atoms with van der Waals surface area (Å²) < 4.78 is 0. The molecule has 7 heteroatoms. The Labute approximate surface area is 185 Å². The summed E-state index contributed by atoms with van der Waals surface area (Å²) in [6.45, 7) is 6.62. The molecule has 3 rings (SSSR count). The molecule has 0 spiro atoms. The van der Waals surface area contributed by atoms with Crippen LogP contribution in [0, 0.1) is 0 Å². The van der Waals surface area contributed by atoms with Crippen molar-refractivity contribution in [3.63, 3.8) is 0 Å². The van der Waals surface area contributed by atoms with Crippen LogP contribution in [0.5, 0.6) is 0 Å². The molecule has 1 aliphatic rings. The van der Waals surface area contributed by atoms with Gasteiger partial charge in [-0.25, -0.2) is 9.98 Å². The van der Waals surface area contributed by atoms with Crippen molar-refractivity contribution >= 4 is 23.4 Å². The number of anilines is 1. The van der Waals surface area contributed by atoms with Crippen LogP contribution in [-0.4, -0.2) is 55.6 Å². The fraction of sp³-hybridized carbons (Fsp3) is 0.478. The maximum absolute atomic E-state index is 5.99. The zero-order valence-electron chi connectivity index (χ0n) is 18.2. The Morgan fingerprint density at radius 3 is 2.57 bits per heavy atom. The van der Waals surface area contributed by atoms with Gasteiger partial charge < -0.3 is 15.5 Å². The molecule has 2 aromatic rings. The number of hydrogen-bond donors (Lipinski definition) is 2. The van der Waals surface area contributed by atoms with E-state index < -0.39 is 0 Å². The number of pyridine rings is 1. The van der Waals surface area contributed by atoms with Gasteiger partial charge in [0.2, 0.25) is 0 Å². The highest BCUT2D eigenvalue weighted by atomic mass is 35.5. The number of nitrogens with one attached hydrogen (secondary N) is 2. The summed E-state index contributed by atoms with van der Waals surface area (Å²) in [6, 6.07) is 14.7. The number of nitrogens with zero attached hydrogens (tertiary/aromatic N) is 4. The van der Waals surface area contributed by atoms with Gasteiger partial charge in [-0.1, -0.05) is 29.8 Å². The Morgan fingerprint density at radius 2 is 1.90 bits per heavy atom. The SMILES string of the molecule is CCNC(=NCc1cccc(N(C)C)n1)NC1CCN(Cc2ccc(Cl)cc2)CC1. The summed E-state index contributed by atoms with van der Waals surface area (Å²) in [6.07, 6.45) is 2.21. The molecule has 6 nitrogen and oxygen atoms in total. The first-order valence-corrected chi connectivity index (χ1v) is 11.1. The lowest BCUT2D eigenvalue weighted by Crippen LogP contribution is -2.48. The second-order valence-electron chi connectivity index (χ2n) is 7.90. The minimum Gasteiger partial charge on any atom is -0.363 e. The molecule has 1 aromatic carbocycles. The molecule has 0 amide bonds. The number of rotatable bonds is 7. The second kappa shape index (κ2) is 11.2. The molecule has 2 N–H and O–H groups in total. The number of halogens is 1. The summed E-state index contributed by atoms with van der Waals surface area (Å²) >= 11 is 5.99. The van der Waals surface area contributed by atoms with E-state index in [0.29, 0.717) is 12.6 Å². The van der Waals surface area contributed by atoms with Gasteiger partial charge in [-0.05, 0) is 49.6 Å². The number of guanidine groups is 1. The topological polar surface area (TPSA) is 55.8 Å². The fourth-order valence-corrected chi connectivity index (χ4v) is 3.69. The molecular formula is C23H33ClN6. The average Bonchev–Trinajstić information content (AvgIpc) is 2.75. The molecule has 0 radical (unpaired) electrons. The van der Waals surface area contributed by atoms with Crippen LogP contribution in [0.1, 0.15) is 31.0 Å². The summed E-state index contributed by atoms with van der Waals surface area (Å²) in [4.78, 5) is 13.9. The average molecular weight is 429 g/mol. The molecule has 2 heterocycles. The van der Waals surface area contributed by atoms with Gasteiger partial charge in [0, 0.05) is 51.3 Å². The summed E-state index contributed by atoms with van der Waals surface area (Å²) in [5.74, 6) is 1.82. The molecule has 0 aliphatic carbocycles. The minimum atomic E-state index is 0.435. The van der Waals surface area contributed by atoms with Gasteiger partial charge in [-0.2, -0.15) is 0 Å². The molecular weight excluding hydrogens is 396 g/mol. The molecule has 1 saturated heterocycles. The molecule has 0 atom stereocenters. The van der Waals surface area contributed by atoms with Crippen molar-refractivity contribution in [3.8, 4) is 0 Å². The molecule has 1 fully saturated rings. The van der Waals surface area contributed by atoms with E-state index in [4.69, 9.17) is 16.6 Å². The highest BCUT2D eigenvalue weighted by Gasteiger charge is 2.20. The van der Waals surface area contributed by atoms with Gasteiger partial charge in [0.1, 0.15) is 5.82 Å². The van der Waals surface area contributed by atoms with E-state index in [2.05, 4.69) is 39.6 Å². The van der Waals surface area contributed by atoms with E-state index >= 15 is 0 Å². The number of piperidine rings is 1. The number of aliphatic imine (C=N–C) groups is 1. The third-order valence-electron chi connectivity index (χ3n) is 5.24. The molecule has 1 aliphatic heterocycles. The highest BCUT2D eigenvalue weighted by Crippen LogP contribution is 2.16. The lowest BCUT2D eigenvalue weighted by atomic mass is 10.0. The Hall–Kier alpha value is -2.31. The molecule has 0 unspecified atom stereocenters. The van der Waals surface area contributed by atoms with E-state index in [1.807, 2.05) is 49.3 Å². The van der Waals surface area contributed by atoms with Gasteiger partial charge in [0.25, 0.3) is 0 Å². The Bertz CT molecular complexity index is 813. The zero-order valence-corrected chi connectivity index (χ0v) is 19.0. The third-order valence-corrected chi connectivity index (χ3v) is 5.49. The van der Waals surface area contributed by atoms with Crippen LogP contribution in [0.2, 0.25) is 5.02 Å². The highest BCUT2D eigenvalue weighted by molar-refractivity contribution is 6.30. The number of benzene rings is 1. The molecule has 0 saturated carbocycles. The summed E-state index contributed by atoms with van der Waals surface area (Å²) in [5.41, 5.74) is 2.28. The summed E-state index contributed by atoms with van der Waals surface area (Å²) in [7, 11) is 4.00. The Morgan fingerprint density at radius 1 is 1.17 bits per heavy atom. The van der Waals surface area contributed by atoms with Crippen LogP contribution in [-0.2, 0) is 13.1 Å². The lowest BCUT2D eigenvalue weighted by molar-refractivity contribution is 0.198. The van der Waals surface area contributed by atoms with Crippen LogP contribution in [0.3, 0.4) is 0 Å². The first-order valence-electron chi connectivity index (χ1n) is 10.7. The largest absolute Gasteiger partial charge is 0.363 e. The standard InChI is InChI=1S/C23H33ClN6/c1-4-25-23(26-16-21-6-5-7-22(27-21)29(2)3)28-20-12-14-30(15-13-20)17-18-8-10-19(24)11-9-18/h5-11,20H,4,12-17H2,1-3H3,(H2,25,26,28). The van der Waals surface area contributed by atoms with Gasteiger partial charge in [0.15, 0.2) is 5.96 Å². The van der Waals surface area contributed by atoms with Crippen molar-refractivity contribution < 1.29 is 0 Å². The van der Waals surface area contributed by atoms with Crippen LogP contribution >= 0.6 is 11.6 Å². The van der Waals surface area contributed by atoms with Crippen molar-refractivity contribution in [3.05, 3.63) is 58.7 Å². The van der Waals surface area contributed by atoms with E-state index in [1.54, 1.807) is 0 Å². The Balaban J connectivity index is 1.51. The van der Waals surface area contributed by atoms with Crippen LogP contribution in [0.4, 0.5) is 5.82 Å². The Kier molecular flexibility index (Phi) is 8.34. The molecule has 0 bridgehead atoms.